The second-order valence-corrected chi connectivity index (χ2v) is 6.09. The maximum atomic E-state index is 13.2. The normalized spacial score (nSPS) is 12.3. The van der Waals surface area contributed by atoms with E-state index in [9.17, 15) is 8.60 Å². The van der Waals surface area contributed by atoms with E-state index in [0.29, 0.717) is 4.90 Å². The van der Waals surface area contributed by atoms with Gasteiger partial charge in [-0.05, 0) is 45.8 Å². The van der Waals surface area contributed by atoms with Crippen LogP contribution in [0, 0.1) is 5.82 Å². The standard InChI is InChI=1S/C12H10BrFN2OS/c13-9-1-8(5-16-6-9)7-18(17)12-3-10(14)2-11(15)4-12/h1-6H,7,15H2. The van der Waals surface area contributed by atoms with Crippen molar-refractivity contribution >= 4 is 32.4 Å². The average molecular weight is 329 g/mol. The van der Waals surface area contributed by atoms with Crippen molar-refractivity contribution in [3.8, 4) is 0 Å². The van der Waals surface area contributed by atoms with Crippen molar-refractivity contribution in [3.05, 3.63) is 52.5 Å². The van der Waals surface area contributed by atoms with Crippen LogP contribution in [0.5, 0.6) is 0 Å². The molecule has 1 atom stereocenters. The van der Waals surface area contributed by atoms with Crippen molar-refractivity contribution in [2.45, 2.75) is 10.6 Å². The van der Waals surface area contributed by atoms with Crippen molar-refractivity contribution in [2.75, 3.05) is 5.73 Å². The molecule has 0 amide bonds. The first-order valence-corrected chi connectivity index (χ1v) is 7.19. The van der Waals surface area contributed by atoms with E-state index in [0.717, 1.165) is 10.0 Å². The van der Waals surface area contributed by atoms with E-state index in [1.165, 1.54) is 18.2 Å². The highest BCUT2D eigenvalue weighted by molar-refractivity contribution is 9.10. The van der Waals surface area contributed by atoms with E-state index in [4.69, 9.17) is 5.73 Å². The van der Waals surface area contributed by atoms with Gasteiger partial charge in [-0.25, -0.2) is 4.39 Å². The Morgan fingerprint density at radius 2 is 2.06 bits per heavy atom. The quantitative estimate of drug-likeness (QED) is 0.881. The summed E-state index contributed by atoms with van der Waals surface area (Å²) < 4.78 is 26.0. The van der Waals surface area contributed by atoms with Crippen molar-refractivity contribution in [3.63, 3.8) is 0 Å². The lowest BCUT2D eigenvalue weighted by atomic mass is 10.3. The number of rotatable bonds is 3. The Balaban J connectivity index is 2.22. The molecule has 2 aromatic rings. The van der Waals surface area contributed by atoms with Crippen LogP contribution in [0.1, 0.15) is 5.56 Å². The SMILES string of the molecule is Nc1cc(F)cc(S(=O)Cc2cncc(Br)c2)c1. The summed E-state index contributed by atoms with van der Waals surface area (Å²) >= 11 is 3.29. The number of hydrogen-bond donors (Lipinski definition) is 1. The summed E-state index contributed by atoms with van der Waals surface area (Å²) in [4.78, 5) is 4.37. The van der Waals surface area contributed by atoms with Crippen LogP contribution in [0.15, 0.2) is 46.0 Å². The van der Waals surface area contributed by atoms with Crippen LogP contribution in [0.25, 0.3) is 0 Å². The van der Waals surface area contributed by atoms with E-state index >= 15 is 0 Å². The molecule has 0 saturated heterocycles. The number of hydrogen-bond acceptors (Lipinski definition) is 3. The zero-order chi connectivity index (χ0) is 13.1. The fourth-order valence-corrected chi connectivity index (χ4v) is 3.04. The average Bonchev–Trinajstić information content (AvgIpc) is 2.27. The van der Waals surface area contributed by atoms with Gasteiger partial charge >= 0.3 is 0 Å². The van der Waals surface area contributed by atoms with Gasteiger partial charge in [0.05, 0.1) is 16.6 Å². The molecule has 0 radical (unpaired) electrons. The minimum absolute atomic E-state index is 0.269. The van der Waals surface area contributed by atoms with Crippen molar-refractivity contribution < 1.29 is 8.60 Å². The molecule has 2 N–H and O–H groups in total. The smallest absolute Gasteiger partial charge is 0.126 e. The van der Waals surface area contributed by atoms with Gasteiger partial charge in [-0.2, -0.15) is 0 Å². The summed E-state index contributed by atoms with van der Waals surface area (Å²) in [6.45, 7) is 0. The molecule has 1 heterocycles. The van der Waals surface area contributed by atoms with E-state index in [1.54, 1.807) is 12.4 Å². The number of nitrogens with two attached hydrogens (primary N) is 1. The fraction of sp³-hybridized carbons (Fsp3) is 0.0833. The Morgan fingerprint density at radius 3 is 2.72 bits per heavy atom. The molecule has 0 aliphatic heterocycles. The monoisotopic (exact) mass is 328 g/mol. The largest absolute Gasteiger partial charge is 0.399 e. The minimum atomic E-state index is -1.34. The summed E-state index contributed by atoms with van der Waals surface area (Å²) in [6.07, 6.45) is 3.28. The molecular formula is C12H10BrFN2OS. The Bertz CT molecular complexity index is 586. The van der Waals surface area contributed by atoms with Gasteiger partial charge in [-0.15, -0.1) is 0 Å². The highest BCUT2D eigenvalue weighted by Crippen LogP contribution is 2.18. The third kappa shape index (κ3) is 3.36. The van der Waals surface area contributed by atoms with Crippen molar-refractivity contribution in [1.29, 1.82) is 0 Å². The fourth-order valence-electron chi connectivity index (χ4n) is 1.49. The third-order valence-corrected chi connectivity index (χ3v) is 4.01. The molecule has 0 bridgehead atoms. The molecule has 0 aliphatic carbocycles. The molecule has 1 aromatic carbocycles. The summed E-state index contributed by atoms with van der Waals surface area (Å²) in [5.41, 5.74) is 6.60. The third-order valence-electron chi connectivity index (χ3n) is 2.22. The van der Waals surface area contributed by atoms with Crippen LogP contribution in [0.2, 0.25) is 0 Å². The van der Waals surface area contributed by atoms with E-state index in [2.05, 4.69) is 20.9 Å². The van der Waals surface area contributed by atoms with Gasteiger partial charge in [0.1, 0.15) is 5.82 Å². The molecule has 18 heavy (non-hydrogen) atoms. The van der Waals surface area contributed by atoms with E-state index in [1.807, 2.05) is 6.07 Å². The number of halogens is 2. The molecule has 0 aliphatic rings. The van der Waals surface area contributed by atoms with E-state index in [-0.39, 0.29) is 11.4 Å². The number of nitrogen functional groups attached to an aromatic ring is 1. The molecule has 94 valence electrons. The number of benzene rings is 1. The summed E-state index contributed by atoms with van der Waals surface area (Å²) in [5.74, 6) is -0.208. The summed E-state index contributed by atoms with van der Waals surface area (Å²) in [6, 6.07) is 5.78. The number of anilines is 1. The van der Waals surface area contributed by atoms with Crippen LogP contribution in [0.3, 0.4) is 0 Å². The molecule has 1 aromatic heterocycles. The molecule has 0 saturated carbocycles. The molecule has 0 spiro atoms. The van der Waals surface area contributed by atoms with Gasteiger partial charge < -0.3 is 5.73 Å². The predicted molar refractivity (Wildman–Crippen MR) is 72.9 cm³/mol. The van der Waals surface area contributed by atoms with Crippen LogP contribution in [-0.4, -0.2) is 9.19 Å². The first-order valence-electron chi connectivity index (χ1n) is 5.08. The van der Waals surface area contributed by atoms with Crippen LogP contribution in [-0.2, 0) is 16.6 Å². The number of pyridine rings is 1. The van der Waals surface area contributed by atoms with E-state index < -0.39 is 16.6 Å². The summed E-state index contributed by atoms with van der Waals surface area (Å²) in [5, 5.41) is 0. The maximum Gasteiger partial charge on any atom is 0.126 e. The maximum absolute atomic E-state index is 13.2. The van der Waals surface area contributed by atoms with Crippen LogP contribution in [0.4, 0.5) is 10.1 Å². The highest BCUT2D eigenvalue weighted by atomic mass is 79.9. The number of aromatic nitrogens is 1. The highest BCUT2D eigenvalue weighted by Gasteiger charge is 2.08. The van der Waals surface area contributed by atoms with Gasteiger partial charge in [-0.3, -0.25) is 9.19 Å². The molecular weight excluding hydrogens is 319 g/mol. The Kier molecular flexibility index (Phi) is 4.08. The first kappa shape index (κ1) is 13.2. The van der Waals surface area contributed by atoms with Crippen LogP contribution >= 0.6 is 15.9 Å². The lowest BCUT2D eigenvalue weighted by molar-refractivity contribution is 0.623. The Hall–Kier alpha value is -1.27. The van der Waals surface area contributed by atoms with Crippen LogP contribution < -0.4 is 5.73 Å². The zero-order valence-electron chi connectivity index (χ0n) is 9.27. The Labute approximate surface area is 115 Å². The number of nitrogens with zero attached hydrogens (tertiary/aromatic N) is 1. The van der Waals surface area contributed by atoms with Gasteiger partial charge in [0, 0.05) is 27.4 Å². The minimum Gasteiger partial charge on any atom is -0.399 e. The molecule has 3 nitrogen and oxygen atoms in total. The molecule has 1 unspecified atom stereocenters. The van der Waals surface area contributed by atoms with Gasteiger partial charge in [0.15, 0.2) is 0 Å². The Morgan fingerprint density at radius 1 is 1.28 bits per heavy atom. The second kappa shape index (κ2) is 5.58. The van der Waals surface area contributed by atoms with Gasteiger partial charge in [-0.1, -0.05) is 0 Å². The molecule has 2 rings (SSSR count). The summed E-state index contributed by atoms with van der Waals surface area (Å²) in [7, 11) is -1.34. The first-order chi connectivity index (χ1) is 8.54. The molecule has 6 heteroatoms. The lowest BCUT2D eigenvalue weighted by Gasteiger charge is -2.04. The van der Waals surface area contributed by atoms with Gasteiger partial charge in [0.25, 0.3) is 0 Å². The molecule has 0 fully saturated rings. The lowest BCUT2D eigenvalue weighted by Crippen LogP contribution is -1.99. The predicted octanol–water partition coefficient (Wildman–Crippen LogP) is 2.87. The van der Waals surface area contributed by atoms with Gasteiger partial charge in [0.2, 0.25) is 0 Å². The van der Waals surface area contributed by atoms with Crippen molar-refractivity contribution in [1.82, 2.24) is 4.98 Å². The van der Waals surface area contributed by atoms with Crippen molar-refractivity contribution in [2.24, 2.45) is 0 Å². The topological polar surface area (TPSA) is 56.0 Å². The zero-order valence-corrected chi connectivity index (χ0v) is 11.7. The second-order valence-electron chi connectivity index (χ2n) is 3.72.